The van der Waals surface area contributed by atoms with Crippen molar-refractivity contribution in [1.82, 2.24) is 5.32 Å². The number of benzene rings is 2. The molecule has 0 aromatic heterocycles. The molecule has 0 aliphatic carbocycles. The van der Waals surface area contributed by atoms with Gasteiger partial charge in [-0.1, -0.05) is 24.3 Å². The highest BCUT2D eigenvalue weighted by Gasteiger charge is 2.09. The summed E-state index contributed by atoms with van der Waals surface area (Å²) in [5.74, 6) is 0.276. The number of rotatable bonds is 5. The van der Waals surface area contributed by atoms with Crippen LogP contribution in [0.5, 0.6) is 5.75 Å². The predicted molar refractivity (Wildman–Crippen MR) is 89.6 cm³/mol. The van der Waals surface area contributed by atoms with Gasteiger partial charge in [0.1, 0.15) is 5.75 Å². The molecule has 0 saturated carbocycles. The van der Waals surface area contributed by atoms with E-state index < -0.39 is 0 Å². The SMILES string of the molecule is COc1ccc(CNC(=O)c2ccccc2C)cc1NC(C)=O. The number of hydrogen-bond donors (Lipinski definition) is 2. The highest BCUT2D eigenvalue weighted by Crippen LogP contribution is 2.25. The molecule has 23 heavy (non-hydrogen) atoms. The second-order valence-electron chi connectivity index (χ2n) is 5.21. The molecule has 0 bridgehead atoms. The van der Waals surface area contributed by atoms with E-state index in [4.69, 9.17) is 4.74 Å². The molecule has 0 atom stereocenters. The molecule has 0 radical (unpaired) electrons. The van der Waals surface area contributed by atoms with Crippen molar-refractivity contribution < 1.29 is 14.3 Å². The lowest BCUT2D eigenvalue weighted by Gasteiger charge is -2.12. The quantitative estimate of drug-likeness (QED) is 0.892. The van der Waals surface area contributed by atoms with Crippen LogP contribution < -0.4 is 15.4 Å². The fourth-order valence-corrected chi connectivity index (χ4v) is 2.26. The number of hydrogen-bond acceptors (Lipinski definition) is 3. The Bertz CT molecular complexity index is 726. The monoisotopic (exact) mass is 312 g/mol. The van der Waals surface area contributed by atoms with Crippen LogP contribution in [0.25, 0.3) is 0 Å². The standard InChI is InChI=1S/C18H20N2O3/c1-12-6-4-5-7-15(12)18(22)19-11-14-8-9-17(23-3)16(10-14)20-13(2)21/h4-10H,11H2,1-3H3,(H,19,22)(H,20,21). The van der Waals surface area contributed by atoms with Gasteiger partial charge in [0.2, 0.25) is 5.91 Å². The zero-order valence-electron chi connectivity index (χ0n) is 13.5. The van der Waals surface area contributed by atoms with Crippen LogP contribution in [0.1, 0.15) is 28.4 Å². The van der Waals surface area contributed by atoms with Crippen molar-refractivity contribution in [2.45, 2.75) is 20.4 Å². The predicted octanol–water partition coefficient (Wildman–Crippen LogP) is 2.89. The van der Waals surface area contributed by atoms with Gasteiger partial charge in [-0.05, 0) is 36.2 Å². The molecule has 2 rings (SSSR count). The molecule has 2 aromatic carbocycles. The Morgan fingerprint density at radius 2 is 1.87 bits per heavy atom. The molecule has 5 heteroatoms. The molecule has 2 aromatic rings. The molecule has 0 spiro atoms. The Labute approximate surface area is 135 Å². The number of carbonyl (C=O) groups is 2. The van der Waals surface area contributed by atoms with Gasteiger partial charge in [0, 0.05) is 19.0 Å². The Kier molecular flexibility index (Phi) is 5.36. The van der Waals surface area contributed by atoms with Crippen LogP contribution in [0, 0.1) is 6.92 Å². The zero-order valence-corrected chi connectivity index (χ0v) is 13.5. The van der Waals surface area contributed by atoms with Crippen molar-refractivity contribution >= 4 is 17.5 Å². The van der Waals surface area contributed by atoms with Crippen molar-refractivity contribution in [3.05, 3.63) is 59.2 Å². The van der Waals surface area contributed by atoms with Crippen LogP contribution >= 0.6 is 0 Å². The summed E-state index contributed by atoms with van der Waals surface area (Å²) in [5, 5.41) is 5.60. The first-order valence-electron chi connectivity index (χ1n) is 7.29. The van der Waals surface area contributed by atoms with Crippen LogP contribution in [-0.2, 0) is 11.3 Å². The fourth-order valence-electron chi connectivity index (χ4n) is 2.26. The maximum absolute atomic E-state index is 12.2. The van der Waals surface area contributed by atoms with E-state index >= 15 is 0 Å². The minimum absolute atomic E-state index is 0.125. The van der Waals surface area contributed by atoms with Crippen LogP contribution in [-0.4, -0.2) is 18.9 Å². The summed E-state index contributed by atoms with van der Waals surface area (Å²) < 4.78 is 5.21. The number of methoxy groups -OCH3 is 1. The van der Waals surface area contributed by atoms with Gasteiger partial charge in [-0.2, -0.15) is 0 Å². The average Bonchev–Trinajstić information content (AvgIpc) is 2.52. The van der Waals surface area contributed by atoms with Crippen molar-refractivity contribution in [3.63, 3.8) is 0 Å². The first-order valence-corrected chi connectivity index (χ1v) is 7.29. The van der Waals surface area contributed by atoms with Crippen molar-refractivity contribution in [2.75, 3.05) is 12.4 Å². The van der Waals surface area contributed by atoms with Crippen molar-refractivity contribution in [2.24, 2.45) is 0 Å². The molecule has 0 aliphatic heterocycles. The van der Waals surface area contributed by atoms with Crippen LogP contribution in [0.2, 0.25) is 0 Å². The van der Waals surface area contributed by atoms with Gasteiger partial charge in [0.05, 0.1) is 12.8 Å². The topological polar surface area (TPSA) is 67.4 Å². The van der Waals surface area contributed by atoms with E-state index in [1.807, 2.05) is 31.2 Å². The van der Waals surface area contributed by atoms with Gasteiger partial charge in [0.25, 0.3) is 5.91 Å². The highest BCUT2D eigenvalue weighted by molar-refractivity contribution is 5.95. The molecule has 2 N–H and O–H groups in total. The van der Waals surface area contributed by atoms with E-state index in [1.54, 1.807) is 25.3 Å². The van der Waals surface area contributed by atoms with E-state index in [1.165, 1.54) is 6.92 Å². The van der Waals surface area contributed by atoms with Gasteiger partial charge in [-0.25, -0.2) is 0 Å². The lowest BCUT2D eigenvalue weighted by molar-refractivity contribution is -0.114. The minimum atomic E-state index is -0.176. The first-order chi connectivity index (χ1) is 11.0. The number of carbonyl (C=O) groups excluding carboxylic acids is 2. The van der Waals surface area contributed by atoms with Gasteiger partial charge < -0.3 is 15.4 Å². The van der Waals surface area contributed by atoms with Gasteiger partial charge in [-0.3, -0.25) is 9.59 Å². The highest BCUT2D eigenvalue weighted by atomic mass is 16.5. The Morgan fingerprint density at radius 3 is 2.52 bits per heavy atom. The molecule has 2 amide bonds. The third-order valence-electron chi connectivity index (χ3n) is 3.42. The summed E-state index contributed by atoms with van der Waals surface area (Å²) >= 11 is 0. The van der Waals surface area contributed by atoms with E-state index in [9.17, 15) is 9.59 Å². The molecule has 0 heterocycles. The molecular weight excluding hydrogens is 292 g/mol. The molecule has 0 unspecified atom stereocenters. The van der Waals surface area contributed by atoms with Gasteiger partial charge >= 0.3 is 0 Å². The lowest BCUT2D eigenvalue weighted by atomic mass is 10.1. The number of aryl methyl sites for hydroxylation is 1. The summed E-state index contributed by atoms with van der Waals surface area (Å²) in [6.45, 7) is 3.70. The molecule has 0 aliphatic rings. The van der Waals surface area contributed by atoms with E-state index in [0.29, 0.717) is 23.5 Å². The molecule has 120 valence electrons. The zero-order chi connectivity index (χ0) is 16.8. The van der Waals surface area contributed by atoms with Crippen LogP contribution in [0.15, 0.2) is 42.5 Å². The summed E-state index contributed by atoms with van der Waals surface area (Å²) in [5.41, 5.74) is 3.04. The van der Waals surface area contributed by atoms with Crippen molar-refractivity contribution in [3.8, 4) is 5.75 Å². The second-order valence-corrected chi connectivity index (χ2v) is 5.21. The number of amides is 2. The van der Waals surface area contributed by atoms with Crippen molar-refractivity contribution in [1.29, 1.82) is 0 Å². The fraction of sp³-hybridized carbons (Fsp3) is 0.222. The lowest BCUT2D eigenvalue weighted by Crippen LogP contribution is -2.23. The molecular formula is C18H20N2O3. The average molecular weight is 312 g/mol. The van der Waals surface area contributed by atoms with E-state index in [0.717, 1.165) is 11.1 Å². The number of anilines is 1. The second kappa shape index (κ2) is 7.45. The van der Waals surface area contributed by atoms with Crippen LogP contribution in [0.4, 0.5) is 5.69 Å². The largest absolute Gasteiger partial charge is 0.495 e. The van der Waals surface area contributed by atoms with E-state index in [2.05, 4.69) is 10.6 Å². The third-order valence-corrected chi connectivity index (χ3v) is 3.42. The Morgan fingerprint density at radius 1 is 1.13 bits per heavy atom. The van der Waals surface area contributed by atoms with Crippen LogP contribution in [0.3, 0.4) is 0 Å². The maximum Gasteiger partial charge on any atom is 0.251 e. The normalized spacial score (nSPS) is 10.0. The molecule has 0 fully saturated rings. The molecule has 0 saturated heterocycles. The number of ether oxygens (including phenoxy) is 1. The summed E-state index contributed by atoms with van der Waals surface area (Å²) in [6.07, 6.45) is 0. The first kappa shape index (κ1) is 16.5. The summed E-state index contributed by atoms with van der Waals surface area (Å²) in [7, 11) is 1.54. The summed E-state index contributed by atoms with van der Waals surface area (Å²) in [4.78, 5) is 23.5. The Hall–Kier alpha value is -2.82. The summed E-state index contributed by atoms with van der Waals surface area (Å²) in [6, 6.07) is 12.8. The minimum Gasteiger partial charge on any atom is -0.495 e. The maximum atomic E-state index is 12.2. The number of nitrogens with one attached hydrogen (secondary N) is 2. The smallest absolute Gasteiger partial charge is 0.251 e. The third kappa shape index (κ3) is 4.32. The van der Waals surface area contributed by atoms with Gasteiger partial charge in [-0.15, -0.1) is 0 Å². The van der Waals surface area contributed by atoms with Gasteiger partial charge in [0.15, 0.2) is 0 Å². The Balaban J connectivity index is 2.10. The van der Waals surface area contributed by atoms with E-state index in [-0.39, 0.29) is 11.8 Å². The molecule has 5 nitrogen and oxygen atoms in total.